The third-order valence-electron chi connectivity index (χ3n) is 3.87. The summed E-state index contributed by atoms with van der Waals surface area (Å²) in [5, 5.41) is 20.2. The Kier molecular flexibility index (Phi) is 4.86. The van der Waals surface area contributed by atoms with Gasteiger partial charge in [-0.1, -0.05) is 0 Å². The van der Waals surface area contributed by atoms with Crippen LogP contribution in [0, 0.1) is 6.57 Å². The zero-order chi connectivity index (χ0) is 18.7. The van der Waals surface area contributed by atoms with Gasteiger partial charge in [0.25, 0.3) is 0 Å². The SMILES string of the molecule is [C-]#[N+]c1cnn2c(NCC(=O)O)ccc2c1-c1cnn(C(C)OCC)c1. The summed E-state index contributed by atoms with van der Waals surface area (Å²) >= 11 is 0. The number of fused-ring (bicyclic) bond motifs is 1. The predicted molar refractivity (Wildman–Crippen MR) is 95.1 cm³/mol. The Morgan fingerprint density at radius 1 is 1.42 bits per heavy atom. The van der Waals surface area contributed by atoms with E-state index >= 15 is 0 Å². The lowest BCUT2D eigenvalue weighted by Gasteiger charge is -2.11. The van der Waals surface area contributed by atoms with Gasteiger partial charge in [0.2, 0.25) is 5.69 Å². The lowest BCUT2D eigenvalue weighted by molar-refractivity contribution is -0.134. The van der Waals surface area contributed by atoms with Gasteiger partial charge in [-0.05, 0) is 26.0 Å². The smallest absolute Gasteiger partial charge is 0.322 e. The van der Waals surface area contributed by atoms with E-state index in [0.717, 1.165) is 5.56 Å². The normalized spacial score (nSPS) is 12.0. The molecular weight excluding hydrogens is 336 g/mol. The Bertz CT molecular complexity index is 984. The maximum atomic E-state index is 10.8. The zero-order valence-electron chi connectivity index (χ0n) is 14.4. The molecule has 26 heavy (non-hydrogen) atoms. The maximum Gasteiger partial charge on any atom is 0.322 e. The van der Waals surface area contributed by atoms with E-state index < -0.39 is 5.97 Å². The third kappa shape index (κ3) is 3.22. The van der Waals surface area contributed by atoms with Crippen molar-refractivity contribution in [2.75, 3.05) is 18.5 Å². The molecule has 1 atom stereocenters. The number of ether oxygens (including phenoxy) is 1. The highest BCUT2D eigenvalue weighted by molar-refractivity contribution is 5.91. The molecule has 0 aliphatic rings. The summed E-state index contributed by atoms with van der Waals surface area (Å²) in [6.45, 7) is 11.6. The van der Waals surface area contributed by atoms with Crippen LogP contribution in [0.2, 0.25) is 0 Å². The van der Waals surface area contributed by atoms with Crippen LogP contribution in [0.3, 0.4) is 0 Å². The molecule has 0 radical (unpaired) electrons. The minimum absolute atomic E-state index is 0.220. The van der Waals surface area contributed by atoms with Crippen LogP contribution in [-0.4, -0.2) is 43.6 Å². The average molecular weight is 354 g/mol. The Morgan fingerprint density at radius 3 is 2.92 bits per heavy atom. The van der Waals surface area contributed by atoms with Crippen molar-refractivity contribution in [1.29, 1.82) is 0 Å². The molecule has 0 aliphatic heterocycles. The number of carboxylic acids is 1. The second kappa shape index (κ2) is 7.25. The topological polar surface area (TPSA) is 98.0 Å². The van der Waals surface area contributed by atoms with Crippen LogP contribution in [0.1, 0.15) is 20.1 Å². The number of carbonyl (C=O) groups is 1. The molecule has 1 unspecified atom stereocenters. The molecule has 3 rings (SSSR count). The number of carboxylic acid groups (broad SMARTS) is 1. The minimum atomic E-state index is -0.968. The van der Waals surface area contributed by atoms with E-state index in [1.165, 1.54) is 6.20 Å². The molecule has 0 fully saturated rings. The van der Waals surface area contributed by atoms with Crippen LogP contribution >= 0.6 is 0 Å². The molecule has 2 N–H and O–H groups in total. The summed E-state index contributed by atoms with van der Waals surface area (Å²) in [5.74, 6) is -0.431. The number of aliphatic carboxylic acids is 1. The number of anilines is 1. The highest BCUT2D eigenvalue weighted by Crippen LogP contribution is 2.35. The van der Waals surface area contributed by atoms with Gasteiger partial charge in [0.05, 0.1) is 24.5 Å². The van der Waals surface area contributed by atoms with Crippen molar-refractivity contribution in [2.45, 2.75) is 20.1 Å². The standard InChI is InChI=1S/C17H18N6O3/c1-4-26-11(2)22-10-12(7-20-22)17-13(18-3)8-21-23-14(17)5-6-15(23)19-9-16(24)25/h5-8,10-11,19H,4,9H2,1-2H3,(H,24,25). The first-order valence-electron chi connectivity index (χ1n) is 8.05. The first-order valence-corrected chi connectivity index (χ1v) is 8.05. The van der Waals surface area contributed by atoms with Crippen molar-refractivity contribution in [3.05, 3.63) is 42.1 Å². The van der Waals surface area contributed by atoms with Crippen LogP contribution in [0.5, 0.6) is 0 Å². The van der Waals surface area contributed by atoms with E-state index in [9.17, 15) is 4.79 Å². The Balaban J connectivity index is 2.07. The molecule has 0 saturated carbocycles. The van der Waals surface area contributed by atoms with Gasteiger partial charge in [0.1, 0.15) is 18.6 Å². The summed E-state index contributed by atoms with van der Waals surface area (Å²) in [5.41, 5.74) is 2.53. The molecule has 0 saturated heterocycles. The molecule has 0 aromatic carbocycles. The number of nitrogens with zero attached hydrogens (tertiary/aromatic N) is 5. The van der Waals surface area contributed by atoms with E-state index in [1.807, 2.05) is 20.0 Å². The fraction of sp³-hybridized carbons (Fsp3) is 0.294. The molecule has 0 amide bonds. The van der Waals surface area contributed by atoms with Gasteiger partial charge in [-0.15, -0.1) is 0 Å². The van der Waals surface area contributed by atoms with Gasteiger partial charge < -0.3 is 15.2 Å². The summed E-state index contributed by atoms with van der Waals surface area (Å²) in [4.78, 5) is 14.3. The fourth-order valence-corrected chi connectivity index (χ4v) is 2.71. The first-order chi connectivity index (χ1) is 12.5. The molecule has 3 aromatic heterocycles. The summed E-state index contributed by atoms with van der Waals surface area (Å²) < 4.78 is 8.81. The summed E-state index contributed by atoms with van der Waals surface area (Å²) in [7, 11) is 0. The zero-order valence-corrected chi connectivity index (χ0v) is 14.4. The molecule has 0 bridgehead atoms. The van der Waals surface area contributed by atoms with E-state index in [2.05, 4.69) is 20.4 Å². The van der Waals surface area contributed by atoms with Crippen LogP contribution in [0.4, 0.5) is 11.5 Å². The van der Waals surface area contributed by atoms with Crippen LogP contribution in [-0.2, 0) is 9.53 Å². The van der Waals surface area contributed by atoms with Crippen molar-refractivity contribution in [3.63, 3.8) is 0 Å². The second-order valence-electron chi connectivity index (χ2n) is 5.54. The molecule has 9 heteroatoms. The number of hydrogen-bond donors (Lipinski definition) is 2. The number of aromatic nitrogens is 4. The van der Waals surface area contributed by atoms with Gasteiger partial charge in [0.15, 0.2) is 0 Å². The van der Waals surface area contributed by atoms with Gasteiger partial charge in [-0.2, -0.15) is 10.2 Å². The van der Waals surface area contributed by atoms with Crippen LogP contribution < -0.4 is 5.32 Å². The van der Waals surface area contributed by atoms with Crippen molar-refractivity contribution in [3.8, 4) is 11.1 Å². The van der Waals surface area contributed by atoms with Crippen molar-refractivity contribution >= 4 is 23.0 Å². The fourth-order valence-electron chi connectivity index (χ4n) is 2.71. The van der Waals surface area contributed by atoms with Gasteiger partial charge in [0, 0.05) is 23.9 Å². The van der Waals surface area contributed by atoms with Crippen molar-refractivity contribution in [1.82, 2.24) is 19.4 Å². The van der Waals surface area contributed by atoms with Gasteiger partial charge >= 0.3 is 5.97 Å². The van der Waals surface area contributed by atoms with Gasteiger partial charge in [-0.25, -0.2) is 14.0 Å². The molecule has 0 aliphatic carbocycles. The highest BCUT2D eigenvalue weighted by atomic mass is 16.5. The second-order valence-corrected chi connectivity index (χ2v) is 5.54. The van der Waals surface area contributed by atoms with E-state index in [1.54, 1.807) is 27.5 Å². The number of hydrogen-bond acceptors (Lipinski definition) is 5. The van der Waals surface area contributed by atoms with Crippen LogP contribution in [0.15, 0.2) is 30.7 Å². The Labute approximate surface area is 149 Å². The minimum Gasteiger partial charge on any atom is -0.480 e. The molecule has 3 aromatic rings. The van der Waals surface area contributed by atoms with Gasteiger partial charge in [-0.3, -0.25) is 4.79 Å². The Hall–Kier alpha value is -3.38. The van der Waals surface area contributed by atoms with Crippen LogP contribution in [0.25, 0.3) is 21.5 Å². The molecule has 0 spiro atoms. The Morgan fingerprint density at radius 2 is 2.23 bits per heavy atom. The summed E-state index contributed by atoms with van der Waals surface area (Å²) in [6, 6.07) is 3.53. The molecular formula is C17H18N6O3. The van der Waals surface area contributed by atoms with E-state index in [-0.39, 0.29) is 12.8 Å². The largest absolute Gasteiger partial charge is 0.480 e. The van der Waals surface area contributed by atoms with Crippen molar-refractivity contribution < 1.29 is 14.6 Å². The van der Waals surface area contributed by atoms with E-state index in [0.29, 0.717) is 29.2 Å². The summed E-state index contributed by atoms with van der Waals surface area (Å²) in [6.07, 6.45) is 4.74. The predicted octanol–water partition coefficient (Wildman–Crippen LogP) is 2.80. The lowest BCUT2D eigenvalue weighted by Crippen LogP contribution is -2.14. The quantitative estimate of drug-likeness (QED) is 0.633. The van der Waals surface area contributed by atoms with Crippen molar-refractivity contribution in [2.24, 2.45) is 0 Å². The third-order valence-corrected chi connectivity index (χ3v) is 3.87. The molecule has 134 valence electrons. The monoisotopic (exact) mass is 354 g/mol. The molecule has 9 nitrogen and oxygen atoms in total. The maximum absolute atomic E-state index is 10.8. The first kappa shape index (κ1) is 17.4. The lowest BCUT2D eigenvalue weighted by atomic mass is 10.1. The number of rotatable bonds is 7. The molecule has 3 heterocycles. The van der Waals surface area contributed by atoms with E-state index in [4.69, 9.17) is 16.4 Å². The average Bonchev–Trinajstić information content (AvgIpc) is 3.26. The highest BCUT2D eigenvalue weighted by Gasteiger charge is 2.17. The number of nitrogens with one attached hydrogen (secondary N) is 1.